The molecule has 6 nitrogen and oxygen atoms in total. The molecule has 8 heteroatoms. The van der Waals surface area contributed by atoms with E-state index in [9.17, 15) is 13.2 Å². The summed E-state index contributed by atoms with van der Waals surface area (Å²) >= 11 is 6.03. The third-order valence-electron chi connectivity index (χ3n) is 4.02. The molecule has 1 N–H and O–H groups in total. The summed E-state index contributed by atoms with van der Waals surface area (Å²) in [6, 6.07) is 13.4. The van der Waals surface area contributed by atoms with Gasteiger partial charge in [0, 0.05) is 11.6 Å². The van der Waals surface area contributed by atoms with E-state index in [0.29, 0.717) is 23.7 Å². The molecule has 0 heterocycles. The topological polar surface area (TPSA) is 75.7 Å². The van der Waals surface area contributed by atoms with Crippen molar-refractivity contribution in [2.75, 3.05) is 24.2 Å². The van der Waals surface area contributed by atoms with Gasteiger partial charge in [-0.15, -0.1) is 0 Å². The maximum atomic E-state index is 12.6. The zero-order valence-corrected chi connectivity index (χ0v) is 17.0. The molecule has 1 amide bonds. The van der Waals surface area contributed by atoms with E-state index in [1.165, 1.54) is 20.1 Å². The van der Waals surface area contributed by atoms with Crippen LogP contribution < -0.4 is 14.4 Å². The Bertz CT molecular complexity index is 888. The fourth-order valence-electron chi connectivity index (χ4n) is 2.74. The minimum absolute atomic E-state index is 0.221. The molecule has 2 rings (SSSR count). The number of amides is 1. The van der Waals surface area contributed by atoms with Crippen molar-refractivity contribution in [1.82, 2.24) is 5.32 Å². The second kappa shape index (κ2) is 9.10. The Hall–Kier alpha value is -2.25. The van der Waals surface area contributed by atoms with Gasteiger partial charge in [-0.25, -0.2) is 8.42 Å². The van der Waals surface area contributed by atoms with E-state index in [1.807, 2.05) is 30.3 Å². The summed E-state index contributed by atoms with van der Waals surface area (Å²) < 4.78 is 31.1. The summed E-state index contributed by atoms with van der Waals surface area (Å²) in [7, 11) is -2.33. The van der Waals surface area contributed by atoms with Crippen molar-refractivity contribution in [2.24, 2.45) is 0 Å². The Morgan fingerprint density at radius 3 is 2.48 bits per heavy atom. The Kier molecular flexibility index (Phi) is 7.10. The Balaban J connectivity index is 2.19. The van der Waals surface area contributed by atoms with Gasteiger partial charge >= 0.3 is 0 Å². The highest BCUT2D eigenvalue weighted by atomic mass is 35.5. The van der Waals surface area contributed by atoms with Crippen LogP contribution in [0.1, 0.15) is 12.5 Å². The van der Waals surface area contributed by atoms with Gasteiger partial charge in [0.15, 0.2) is 0 Å². The van der Waals surface area contributed by atoms with E-state index < -0.39 is 22.0 Å². The lowest BCUT2D eigenvalue weighted by atomic mass is 10.1. The van der Waals surface area contributed by atoms with Crippen molar-refractivity contribution in [3.05, 3.63) is 59.1 Å². The number of carbonyl (C=O) groups is 1. The van der Waals surface area contributed by atoms with Crippen molar-refractivity contribution >= 4 is 33.2 Å². The molecular weight excluding hydrogens is 388 g/mol. The molecule has 0 saturated heterocycles. The molecular formula is C19H23ClN2O4S. The number of nitrogens with zero attached hydrogens (tertiary/aromatic N) is 1. The van der Waals surface area contributed by atoms with Gasteiger partial charge in [0.2, 0.25) is 15.9 Å². The normalized spacial score (nSPS) is 12.3. The molecule has 0 aliphatic rings. The minimum Gasteiger partial charge on any atom is -0.495 e. The summed E-state index contributed by atoms with van der Waals surface area (Å²) in [4.78, 5) is 12.6. The number of nitrogens with one attached hydrogen (secondary N) is 1. The second-order valence-electron chi connectivity index (χ2n) is 6.08. The number of halogens is 1. The molecule has 0 aliphatic heterocycles. The monoisotopic (exact) mass is 410 g/mol. The molecule has 2 aromatic carbocycles. The average molecular weight is 411 g/mol. The van der Waals surface area contributed by atoms with Crippen LogP contribution in [0.3, 0.4) is 0 Å². The summed E-state index contributed by atoms with van der Waals surface area (Å²) in [5.74, 6) is -0.0906. The Morgan fingerprint density at radius 1 is 1.22 bits per heavy atom. The molecule has 0 unspecified atom stereocenters. The van der Waals surface area contributed by atoms with E-state index in [2.05, 4.69) is 5.32 Å². The number of sulfonamides is 1. The van der Waals surface area contributed by atoms with Gasteiger partial charge in [0.05, 0.1) is 19.1 Å². The van der Waals surface area contributed by atoms with Crippen molar-refractivity contribution in [3.8, 4) is 5.75 Å². The van der Waals surface area contributed by atoms with Gasteiger partial charge in [-0.2, -0.15) is 0 Å². The standard InChI is InChI=1S/C19H23ClN2O4S/c1-14(19(23)21-12-11-15-7-5-4-6-8-15)22(27(3,24)25)17-13-16(20)9-10-18(17)26-2/h4-10,13-14H,11-12H2,1-3H3,(H,21,23)/t14-/m1/s1. The van der Waals surface area contributed by atoms with Gasteiger partial charge in [-0.05, 0) is 37.1 Å². The first kappa shape index (κ1) is 21.1. The van der Waals surface area contributed by atoms with E-state index in [-0.39, 0.29) is 5.69 Å². The minimum atomic E-state index is -3.75. The molecule has 2 aromatic rings. The van der Waals surface area contributed by atoms with E-state index in [4.69, 9.17) is 16.3 Å². The zero-order chi connectivity index (χ0) is 20.0. The van der Waals surface area contributed by atoms with Crippen molar-refractivity contribution in [3.63, 3.8) is 0 Å². The van der Waals surface area contributed by atoms with Crippen LogP contribution in [0, 0.1) is 0 Å². The summed E-state index contributed by atoms with van der Waals surface area (Å²) in [5.41, 5.74) is 1.31. The van der Waals surface area contributed by atoms with Crippen LogP contribution in [0.4, 0.5) is 5.69 Å². The van der Waals surface area contributed by atoms with Crippen LogP contribution in [-0.2, 0) is 21.2 Å². The van der Waals surface area contributed by atoms with Crippen LogP contribution in [0.2, 0.25) is 5.02 Å². The molecule has 0 aromatic heterocycles. The van der Waals surface area contributed by atoms with Crippen LogP contribution >= 0.6 is 11.6 Å². The number of benzene rings is 2. The third-order valence-corrected chi connectivity index (χ3v) is 5.49. The number of rotatable bonds is 8. The molecule has 0 spiro atoms. The van der Waals surface area contributed by atoms with E-state index in [0.717, 1.165) is 16.1 Å². The molecule has 0 bridgehead atoms. The van der Waals surface area contributed by atoms with Crippen LogP contribution in [0.5, 0.6) is 5.75 Å². The molecule has 0 fully saturated rings. The smallest absolute Gasteiger partial charge is 0.243 e. The predicted molar refractivity (Wildman–Crippen MR) is 108 cm³/mol. The van der Waals surface area contributed by atoms with Gasteiger partial charge in [0.25, 0.3) is 0 Å². The largest absolute Gasteiger partial charge is 0.495 e. The van der Waals surface area contributed by atoms with Gasteiger partial charge in [-0.1, -0.05) is 41.9 Å². The third kappa shape index (κ3) is 5.61. The summed E-state index contributed by atoms with van der Waals surface area (Å²) in [6.07, 6.45) is 1.69. The SMILES string of the molecule is COc1ccc(Cl)cc1N([C@H](C)C(=O)NCCc1ccccc1)S(C)(=O)=O. The first-order valence-electron chi connectivity index (χ1n) is 8.38. The van der Waals surface area contributed by atoms with E-state index in [1.54, 1.807) is 12.1 Å². The summed E-state index contributed by atoms with van der Waals surface area (Å²) in [5, 5.41) is 3.13. The zero-order valence-electron chi connectivity index (χ0n) is 15.5. The van der Waals surface area contributed by atoms with Crippen molar-refractivity contribution in [2.45, 2.75) is 19.4 Å². The van der Waals surface area contributed by atoms with Crippen LogP contribution in [-0.4, -0.2) is 40.3 Å². The van der Waals surface area contributed by atoms with E-state index >= 15 is 0 Å². The lowest BCUT2D eigenvalue weighted by Crippen LogP contribution is -2.48. The fourth-order valence-corrected chi connectivity index (χ4v) is 4.08. The fraction of sp³-hybridized carbons (Fsp3) is 0.316. The highest BCUT2D eigenvalue weighted by Gasteiger charge is 2.31. The lowest BCUT2D eigenvalue weighted by molar-refractivity contribution is -0.121. The molecule has 0 saturated carbocycles. The Morgan fingerprint density at radius 2 is 1.89 bits per heavy atom. The molecule has 1 atom stereocenters. The predicted octanol–water partition coefficient (Wildman–Crippen LogP) is 2.86. The molecule has 27 heavy (non-hydrogen) atoms. The first-order valence-corrected chi connectivity index (χ1v) is 10.6. The number of anilines is 1. The quantitative estimate of drug-likeness (QED) is 0.726. The van der Waals surface area contributed by atoms with Crippen LogP contribution in [0.15, 0.2) is 48.5 Å². The first-order chi connectivity index (χ1) is 12.7. The molecule has 0 aliphatic carbocycles. The number of hydrogen-bond donors (Lipinski definition) is 1. The van der Waals surface area contributed by atoms with Crippen LogP contribution in [0.25, 0.3) is 0 Å². The maximum absolute atomic E-state index is 12.6. The summed E-state index contributed by atoms with van der Waals surface area (Å²) in [6.45, 7) is 1.93. The highest BCUT2D eigenvalue weighted by Crippen LogP contribution is 2.34. The van der Waals surface area contributed by atoms with Gasteiger partial charge in [-0.3, -0.25) is 9.10 Å². The molecule has 146 valence electrons. The number of carbonyl (C=O) groups excluding carboxylic acids is 1. The Labute approximate surface area is 165 Å². The number of ether oxygens (including phenoxy) is 1. The van der Waals surface area contributed by atoms with Gasteiger partial charge in [0.1, 0.15) is 11.8 Å². The van der Waals surface area contributed by atoms with Gasteiger partial charge < -0.3 is 10.1 Å². The maximum Gasteiger partial charge on any atom is 0.243 e. The number of methoxy groups -OCH3 is 1. The number of hydrogen-bond acceptors (Lipinski definition) is 4. The highest BCUT2D eigenvalue weighted by molar-refractivity contribution is 7.92. The average Bonchev–Trinajstić information content (AvgIpc) is 2.61. The lowest BCUT2D eigenvalue weighted by Gasteiger charge is -2.29. The van der Waals surface area contributed by atoms with Crippen molar-refractivity contribution < 1.29 is 17.9 Å². The second-order valence-corrected chi connectivity index (χ2v) is 8.37. The van der Waals surface area contributed by atoms with Crippen molar-refractivity contribution in [1.29, 1.82) is 0 Å². The molecule has 0 radical (unpaired) electrons.